The molecule has 1 saturated heterocycles. The Hall–Kier alpha value is -1.63. The number of carbonyl (C=O) groups is 2. The molecule has 0 spiro atoms. The molecule has 0 aromatic heterocycles. The van der Waals surface area contributed by atoms with E-state index in [1.807, 2.05) is 12.1 Å². The molecule has 1 aromatic carbocycles. The Kier molecular flexibility index (Phi) is 4.82. The van der Waals surface area contributed by atoms with Crippen molar-refractivity contribution in [3.05, 3.63) is 34.9 Å². The molecule has 7 heteroatoms. The van der Waals surface area contributed by atoms with E-state index in [0.717, 1.165) is 5.56 Å². The van der Waals surface area contributed by atoms with E-state index in [1.54, 1.807) is 12.1 Å². The minimum atomic E-state index is -1.24. The Morgan fingerprint density at radius 1 is 1.19 bits per heavy atom. The van der Waals surface area contributed by atoms with Crippen molar-refractivity contribution in [2.75, 3.05) is 14.2 Å². The first-order valence-corrected chi connectivity index (χ1v) is 6.83. The normalized spacial score (nSPS) is 21.5. The van der Waals surface area contributed by atoms with Crippen molar-refractivity contribution in [3.8, 4) is 0 Å². The largest absolute Gasteiger partial charge is 0.353 e. The summed E-state index contributed by atoms with van der Waals surface area (Å²) >= 11 is 5.84. The van der Waals surface area contributed by atoms with Crippen LogP contribution in [0, 0.1) is 0 Å². The highest BCUT2D eigenvalue weighted by molar-refractivity contribution is 6.30. The van der Waals surface area contributed by atoms with Gasteiger partial charge in [-0.2, -0.15) is 0 Å². The maximum atomic E-state index is 12.2. The number of ether oxygens (including phenoxy) is 2. The number of benzene rings is 1. The molecule has 6 nitrogen and oxygen atoms in total. The smallest absolute Gasteiger partial charge is 0.322 e. The number of nitrogens with one attached hydrogen (secondary N) is 2. The van der Waals surface area contributed by atoms with Gasteiger partial charge in [-0.3, -0.25) is 10.1 Å². The zero-order chi connectivity index (χ0) is 15.5. The summed E-state index contributed by atoms with van der Waals surface area (Å²) in [6, 6.07) is 6.76. The Morgan fingerprint density at radius 2 is 1.81 bits per heavy atom. The summed E-state index contributed by atoms with van der Waals surface area (Å²) in [6.07, 6.45) is 0.0448. The van der Waals surface area contributed by atoms with Gasteiger partial charge in [0.15, 0.2) is 11.8 Å². The van der Waals surface area contributed by atoms with Gasteiger partial charge in [0, 0.05) is 19.2 Å². The van der Waals surface area contributed by atoms with Crippen LogP contribution in [0.3, 0.4) is 0 Å². The van der Waals surface area contributed by atoms with E-state index in [0.29, 0.717) is 17.9 Å². The molecule has 1 fully saturated rings. The molecule has 2 rings (SSSR count). The fourth-order valence-corrected chi connectivity index (χ4v) is 2.58. The highest BCUT2D eigenvalue weighted by atomic mass is 35.5. The second kappa shape index (κ2) is 6.43. The first kappa shape index (κ1) is 15.8. The molecule has 21 heavy (non-hydrogen) atoms. The van der Waals surface area contributed by atoms with Crippen molar-refractivity contribution >= 4 is 23.5 Å². The van der Waals surface area contributed by atoms with Crippen molar-refractivity contribution < 1.29 is 19.1 Å². The molecule has 1 aromatic rings. The van der Waals surface area contributed by atoms with Crippen LogP contribution in [0.15, 0.2) is 24.3 Å². The second-order valence-corrected chi connectivity index (χ2v) is 5.25. The first-order valence-electron chi connectivity index (χ1n) is 6.45. The number of methoxy groups -OCH3 is 2. The molecule has 1 aliphatic rings. The third kappa shape index (κ3) is 3.18. The van der Waals surface area contributed by atoms with E-state index in [2.05, 4.69) is 10.6 Å². The lowest BCUT2D eigenvalue weighted by molar-refractivity contribution is -0.165. The number of rotatable bonds is 6. The van der Waals surface area contributed by atoms with Gasteiger partial charge in [0.1, 0.15) is 0 Å². The fraction of sp³-hybridized carbons (Fsp3) is 0.429. The van der Waals surface area contributed by atoms with Gasteiger partial charge in [0.25, 0.3) is 5.91 Å². The first-order chi connectivity index (χ1) is 10.0. The quantitative estimate of drug-likeness (QED) is 0.616. The standard InChI is InChI=1S/C14H17ClN2O4/c1-20-12(21-2)14(11(18)16-13(19)17-14)8-7-9-3-5-10(15)6-4-9/h3-6,12H,7-8H2,1-2H3,(H2,16,17,18,19)/t14-/m0/s1. The summed E-state index contributed by atoms with van der Waals surface area (Å²) in [7, 11) is 2.85. The number of halogens is 1. The van der Waals surface area contributed by atoms with Crippen LogP contribution in [-0.2, 0) is 20.7 Å². The molecule has 3 amide bonds. The van der Waals surface area contributed by atoms with Crippen LogP contribution in [0.4, 0.5) is 4.79 Å². The Balaban J connectivity index is 2.19. The van der Waals surface area contributed by atoms with Gasteiger partial charge in [-0.15, -0.1) is 0 Å². The van der Waals surface area contributed by atoms with Gasteiger partial charge in [-0.25, -0.2) is 4.79 Å². The number of urea groups is 1. The molecule has 0 unspecified atom stereocenters. The van der Waals surface area contributed by atoms with E-state index in [9.17, 15) is 9.59 Å². The molecule has 1 heterocycles. The monoisotopic (exact) mass is 312 g/mol. The predicted octanol–water partition coefficient (Wildman–Crippen LogP) is 1.47. The van der Waals surface area contributed by atoms with Crippen LogP contribution >= 0.6 is 11.6 Å². The van der Waals surface area contributed by atoms with Gasteiger partial charge in [0.05, 0.1) is 0 Å². The molecular weight excluding hydrogens is 296 g/mol. The topological polar surface area (TPSA) is 76.7 Å². The summed E-state index contributed by atoms with van der Waals surface area (Å²) in [5.74, 6) is -0.449. The van der Waals surface area contributed by atoms with Crippen LogP contribution < -0.4 is 10.6 Å². The number of amides is 3. The zero-order valence-corrected chi connectivity index (χ0v) is 12.6. The van der Waals surface area contributed by atoms with Crippen LogP contribution in [0.1, 0.15) is 12.0 Å². The Morgan fingerprint density at radius 3 is 2.29 bits per heavy atom. The fourth-order valence-electron chi connectivity index (χ4n) is 2.46. The third-order valence-corrected chi connectivity index (χ3v) is 3.77. The highest BCUT2D eigenvalue weighted by Gasteiger charge is 2.52. The molecule has 1 aliphatic heterocycles. The van der Waals surface area contributed by atoms with Gasteiger partial charge < -0.3 is 14.8 Å². The van der Waals surface area contributed by atoms with Crippen molar-refractivity contribution in [1.29, 1.82) is 0 Å². The van der Waals surface area contributed by atoms with Gasteiger partial charge >= 0.3 is 6.03 Å². The molecule has 0 saturated carbocycles. The molecule has 2 N–H and O–H groups in total. The summed E-state index contributed by atoms with van der Waals surface area (Å²) in [5, 5.41) is 5.50. The molecule has 0 aliphatic carbocycles. The van der Waals surface area contributed by atoms with Gasteiger partial charge in [0.2, 0.25) is 0 Å². The number of hydrogen-bond acceptors (Lipinski definition) is 4. The number of hydrogen-bond donors (Lipinski definition) is 2. The number of carbonyl (C=O) groups excluding carboxylic acids is 2. The second-order valence-electron chi connectivity index (χ2n) is 4.81. The Labute approximate surface area is 127 Å². The summed E-state index contributed by atoms with van der Waals surface area (Å²) in [5.41, 5.74) is -0.237. The number of imide groups is 1. The van der Waals surface area contributed by atoms with Gasteiger partial charge in [-0.05, 0) is 30.5 Å². The van der Waals surface area contributed by atoms with Crippen molar-refractivity contribution in [2.24, 2.45) is 0 Å². The SMILES string of the molecule is COC(OC)[C@@]1(CCc2ccc(Cl)cc2)NC(=O)NC1=O. The van der Waals surface area contributed by atoms with Crippen LogP contribution in [0.2, 0.25) is 5.02 Å². The predicted molar refractivity (Wildman–Crippen MR) is 77.0 cm³/mol. The maximum absolute atomic E-state index is 12.2. The minimum Gasteiger partial charge on any atom is -0.353 e. The molecule has 0 radical (unpaired) electrons. The van der Waals surface area contributed by atoms with E-state index < -0.39 is 23.8 Å². The van der Waals surface area contributed by atoms with Crippen molar-refractivity contribution in [2.45, 2.75) is 24.7 Å². The van der Waals surface area contributed by atoms with Crippen molar-refractivity contribution in [1.82, 2.24) is 10.6 Å². The van der Waals surface area contributed by atoms with Crippen LogP contribution in [-0.4, -0.2) is 38.0 Å². The lowest BCUT2D eigenvalue weighted by Crippen LogP contribution is -2.58. The molecule has 114 valence electrons. The van der Waals surface area contributed by atoms with Gasteiger partial charge in [-0.1, -0.05) is 23.7 Å². The summed E-state index contributed by atoms with van der Waals surface area (Å²) in [4.78, 5) is 23.7. The van der Waals surface area contributed by atoms with Crippen LogP contribution in [0.25, 0.3) is 0 Å². The average Bonchev–Trinajstić information content (AvgIpc) is 2.75. The number of aryl methyl sites for hydroxylation is 1. The Bertz CT molecular complexity index is 530. The lowest BCUT2D eigenvalue weighted by Gasteiger charge is -2.32. The summed E-state index contributed by atoms with van der Waals surface area (Å²) in [6.45, 7) is 0. The molecular formula is C14H17ClN2O4. The minimum absolute atomic E-state index is 0.346. The van der Waals surface area contributed by atoms with E-state index >= 15 is 0 Å². The van der Waals surface area contributed by atoms with Crippen LogP contribution in [0.5, 0.6) is 0 Å². The van der Waals surface area contributed by atoms with E-state index in [4.69, 9.17) is 21.1 Å². The summed E-state index contributed by atoms with van der Waals surface area (Å²) < 4.78 is 10.4. The maximum Gasteiger partial charge on any atom is 0.322 e. The average molecular weight is 313 g/mol. The zero-order valence-electron chi connectivity index (χ0n) is 11.8. The van der Waals surface area contributed by atoms with E-state index in [1.165, 1.54) is 14.2 Å². The molecule has 0 bridgehead atoms. The highest BCUT2D eigenvalue weighted by Crippen LogP contribution is 2.25. The van der Waals surface area contributed by atoms with Crippen molar-refractivity contribution in [3.63, 3.8) is 0 Å². The van der Waals surface area contributed by atoms with E-state index in [-0.39, 0.29) is 0 Å². The lowest BCUT2D eigenvalue weighted by atomic mass is 9.90. The third-order valence-electron chi connectivity index (χ3n) is 3.52. The molecule has 1 atom stereocenters.